The molecule has 0 spiro atoms. The Morgan fingerprint density at radius 2 is 1.74 bits per heavy atom. The number of hydrogen-bond donors (Lipinski definition) is 1. The normalized spacial score (nSPS) is 10.6. The summed E-state index contributed by atoms with van der Waals surface area (Å²) in [5.74, 6) is 0.600. The number of aryl methyl sites for hydroxylation is 1. The number of rotatable bonds is 7. The molecule has 1 N–H and O–H groups in total. The van der Waals surface area contributed by atoms with Gasteiger partial charge in [-0.1, -0.05) is 38.1 Å². The number of amides is 2. The van der Waals surface area contributed by atoms with Gasteiger partial charge >= 0.3 is 0 Å². The number of carbonyl (C=O) groups is 2. The molecule has 0 heterocycles. The molecule has 0 unspecified atom stereocenters. The third kappa shape index (κ3) is 5.84. The lowest BCUT2D eigenvalue weighted by Gasteiger charge is -2.18. The molecule has 0 aliphatic rings. The fraction of sp³-hybridized carbons (Fsp3) is 0.364. The van der Waals surface area contributed by atoms with E-state index in [-0.39, 0.29) is 25.0 Å². The Morgan fingerprint density at radius 1 is 1.07 bits per heavy atom. The van der Waals surface area contributed by atoms with Crippen molar-refractivity contribution < 1.29 is 14.3 Å². The molecule has 2 aromatic rings. The fourth-order valence-electron chi connectivity index (χ4n) is 2.58. The van der Waals surface area contributed by atoms with Gasteiger partial charge in [0.2, 0.25) is 5.91 Å². The topological polar surface area (TPSA) is 58.6 Å². The molecule has 0 saturated carbocycles. The zero-order valence-corrected chi connectivity index (χ0v) is 16.7. The van der Waals surface area contributed by atoms with Gasteiger partial charge in [0, 0.05) is 12.7 Å². The van der Waals surface area contributed by atoms with Crippen molar-refractivity contribution in [2.24, 2.45) is 0 Å². The van der Waals surface area contributed by atoms with E-state index in [1.165, 1.54) is 10.5 Å². The number of carbonyl (C=O) groups excluding carboxylic acids is 2. The third-order valence-corrected chi connectivity index (χ3v) is 4.59. The van der Waals surface area contributed by atoms with Gasteiger partial charge in [0.1, 0.15) is 5.75 Å². The standard InChI is InChI=1S/C22H28N2O3/c1-15(2)18-9-11-19(12-10-18)27-14-22(26)24(5)13-21(25)23-20-8-6-7-16(3)17(20)4/h6-12,15H,13-14H2,1-5H3,(H,23,25). The predicted molar refractivity (Wildman–Crippen MR) is 108 cm³/mol. The zero-order valence-electron chi connectivity index (χ0n) is 16.7. The number of hydrogen-bond acceptors (Lipinski definition) is 3. The molecule has 0 radical (unpaired) electrons. The van der Waals surface area contributed by atoms with E-state index in [4.69, 9.17) is 4.74 Å². The zero-order chi connectivity index (χ0) is 20.0. The van der Waals surface area contributed by atoms with Gasteiger partial charge in [-0.25, -0.2) is 0 Å². The predicted octanol–water partition coefficient (Wildman–Crippen LogP) is 3.90. The van der Waals surface area contributed by atoms with Gasteiger partial charge in [0.05, 0.1) is 6.54 Å². The first-order valence-electron chi connectivity index (χ1n) is 9.10. The lowest BCUT2D eigenvalue weighted by atomic mass is 10.0. The molecule has 0 aliphatic carbocycles. The molecule has 0 fully saturated rings. The maximum absolute atomic E-state index is 12.2. The van der Waals surface area contributed by atoms with Crippen LogP contribution in [0, 0.1) is 13.8 Å². The highest BCUT2D eigenvalue weighted by Crippen LogP contribution is 2.19. The van der Waals surface area contributed by atoms with Crippen molar-refractivity contribution in [1.29, 1.82) is 0 Å². The minimum atomic E-state index is -0.251. The van der Waals surface area contributed by atoms with Crippen LogP contribution in [-0.2, 0) is 9.59 Å². The van der Waals surface area contributed by atoms with Crippen LogP contribution in [0.5, 0.6) is 5.75 Å². The highest BCUT2D eigenvalue weighted by atomic mass is 16.5. The third-order valence-electron chi connectivity index (χ3n) is 4.59. The fourth-order valence-corrected chi connectivity index (χ4v) is 2.58. The monoisotopic (exact) mass is 368 g/mol. The minimum absolute atomic E-state index is 0.0259. The minimum Gasteiger partial charge on any atom is -0.484 e. The first-order chi connectivity index (χ1) is 12.8. The summed E-state index contributed by atoms with van der Waals surface area (Å²) in [7, 11) is 1.59. The largest absolute Gasteiger partial charge is 0.484 e. The second-order valence-corrected chi connectivity index (χ2v) is 7.06. The number of nitrogens with zero attached hydrogens (tertiary/aromatic N) is 1. The molecule has 144 valence electrons. The Bertz CT molecular complexity index is 798. The summed E-state index contributed by atoms with van der Waals surface area (Å²) in [5, 5.41) is 2.85. The molecule has 5 nitrogen and oxygen atoms in total. The van der Waals surface area contributed by atoms with Gasteiger partial charge in [0.25, 0.3) is 5.91 Å². The van der Waals surface area contributed by atoms with Crippen LogP contribution in [0.3, 0.4) is 0 Å². The van der Waals surface area contributed by atoms with Crippen molar-refractivity contribution in [1.82, 2.24) is 4.90 Å². The van der Waals surface area contributed by atoms with E-state index in [9.17, 15) is 9.59 Å². The Labute approximate surface area is 161 Å². The first kappa shape index (κ1) is 20.5. The van der Waals surface area contributed by atoms with E-state index in [0.29, 0.717) is 11.7 Å². The van der Waals surface area contributed by atoms with Crippen molar-refractivity contribution in [2.45, 2.75) is 33.6 Å². The average molecular weight is 368 g/mol. The Morgan fingerprint density at radius 3 is 2.37 bits per heavy atom. The molecule has 0 bridgehead atoms. The number of nitrogens with one attached hydrogen (secondary N) is 1. The highest BCUT2D eigenvalue weighted by molar-refractivity contribution is 5.95. The lowest BCUT2D eigenvalue weighted by molar-refractivity contribution is -0.135. The summed E-state index contributed by atoms with van der Waals surface area (Å²) in [5.41, 5.74) is 4.11. The molecule has 2 aromatic carbocycles. The number of anilines is 1. The van der Waals surface area contributed by atoms with Crippen LogP contribution in [0.25, 0.3) is 0 Å². The summed E-state index contributed by atoms with van der Waals surface area (Å²) in [6, 6.07) is 13.4. The summed E-state index contributed by atoms with van der Waals surface area (Å²) in [6.07, 6.45) is 0. The summed E-state index contributed by atoms with van der Waals surface area (Å²) in [6.45, 7) is 8.06. The highest BCUT2D eigenvalue weighted by Gasteiger charge is 2.14. The van der Waals surface area contributed by atoms with E-state index in [1.54, 1.807) is 7.05 Å². The molecule has 0 atom stereocenters. The second kappa shape index (κ2) is 9.21. The number of benzene rings is 2. The van der Waals surface area contributed by atoms with Crippen LogP contribution in [-0.4, -0.2) is 36.9 Å². The van der Waals surface area contributed by atoms with Crippen molar-refractivity contribution in [3.05, 3.63) is 59.2 Å². The van der Waals surface area contributed by atoms with E-state index in [2.05, 4.69) is 19.2 Å². The summed E-state index contributed by atoms with van der Waals surface area (Å²) < 4.78 is 5.54. The van der Waals surface area contributed by atoms with Gasteiger partial charge in [-0.2, -0.15) is 0 Å². The Kier molecular flexibility index (Phi) is 6.99. The van der Waals surface area contributed by atoms with Crippen LogP contribution in [0.4, 0.5) is 5.69 Å². The molecule has 0 aromatic heterocycles. The molecular weight excluding hydrogens is 340 g/mol. The number of ether oxygens (including phenoxy) is 1. The summed E-state index contributed by atoms with van der Waals surface area (Å²) >= 11 is 0. The Hall–Kier alpha value is -2.82. The van der Waals surface area contributed by atoms with E-state index < -0.39 is 0 Å². The van der Waals surface area contributed by atoms with Crippen LogP contribution < -0.4 is 10.1 Å². The van der Waals surface area contributed by atoms with Crippen LogP contribution >= 0.6 is 0 Å². The van der Waals surface area contributed by atoms with E-state index in [1.807, 2.05) is 56.3 Å². The Balaban J connectivity index is 1.84. The van der Waals surface area contributed by atoms with Gasteiger partial charge in [-0.3, -0.25) is 9.59 Å². The quantitative estimate of drug-likeness (QED) is 0.806. The van der Waals surface area contributed by atoms with Gasteiger partial charge in [-0.15, -0.1) is 0 Å². The van der Waals surface area contributed by atoms with Crippen LogP contribution in [0.15, 0.2) is 42.5 Å². The molecular formula is C22H28N2O3. The average Bonchev–Trinajstić information content (AvgIpc) is 2.63. The molecule has 5 heteroatoms. The first-order valence-corrected chi connectivity index (χ1v) is 9.10. The SMILES string of the molecule is Cc1cccc(NC(=O)CN(C)C(=O)COc2ccc(C(C)C)cc2)c1C. The van der Waals surface area contributed by atoms with Crippen molar-refractivity contribution in [3.63, 3.8) is 0 Å². The van der Waals surface area contributed by atoms with E-state index in [0.717, 1.165) is 16.8 Å². The van der Waals surface area contributed by atoms with Gasteiger partial charge in [-0.05, 0) is 54.7 Å². The summed E-state index contributed by atoms with van der Waals surface area (Å²) in [4.78, 5) is 25.8. The van der Waals surface area contributed by atoms with Gasteiger partial charge in [0.15, 0.2) is 6.61 Å². The van der Waals surface area contributed by atoms with Crippen molar-refractivity contribution in [3.8, 4) is 5.75 Å². The molecule has 2 amide bonds. The van der Waals surface area contributed by atoms with Crippen LogP contribution in [0.1, 0.15) is 36.5 Å². The van der Waals surface area contributed by atoms with Gasteiger partial charge < -0.3 is 15.0 Å². The maximum atomic E-state index is 12.2. The maximum Gasteiger partial charge on any atom is 0.260 e. The smallest absolute Gasteiger partial charge is 0.260 e. The van der Waals surface area contributed by atoms with Crippen LogP contribution in [0.2, 0.25) is 0 Å². The molecule has 0 saturated heterocycles. The number of likely N-dealkylation sites (N-methyl/N-ethyl adjacent to an activating group) is 1. The lowest BCUT2D eigenvalue weighted by Crippen LogP contribution is -2.37. The molecule has 27 heavy (non-hydrogen) atoms. The van der Waals surface area contributed by atoms with E-state index >= 15 is 0 Å². The second-order valence-electron chi connectivity index (χ2n) is 7.06. The van der Waals surface area contributed by atoms with Crippen molar-refractivity contribution >= 4 is 17.5 Å². The molecule has 0 aliphatic heterocycles. The molecule has 2 rings (SSSR count). The van der Waals surface area contributed by atoms with Crippen molar-refractivity contribution in [2.75, 3.05) is 25.5 Å².